The maximum atomic E-state index is 13.7. The van der Waals surface area contributed by atoms with E-state index in [0.717, 1.165) is 19.4 Å². The molecule has 2 rings (SSSR count). The Labute approximate surface area is 117 Å². The Kier molecular flexibility index (Phi) is 4.77. The average molecular weight is 286 g/mol. The van der Waals surface area contributed by atoms with E-state index in [2.05, 4.69) is 4.90 Å². The van der Waals surface area contributed by atoms with E-state index in [1.807, 2.05) is 0 Å². The van der Waals surface area contributed by atoms with Crippen LogP contribution in [0.25, 0.3) is 0 Å². The van der Waals surface area contributed by atoms with Gasteiger partial charge in [0.25, 0.3) is 0 Å². The summed E-state index contributed by atoms with van der Waals surface area (Å²) >= 11 is 5.73. The number of likely N-dealkylation sites (tertiary alicyclic amines) is 1. The molecule has 104 valence electrons. The van der Waals surface area contributed by atoms with E-state index in [4.69, 9.17) is 16.3 Å². The van der Waals surface area contributed by atoms with Crippen molar-refractivity contribution in [2.24, 2.45) is 5.92 Å². The van der Waals surface area contributed by atoms with E-state index in [1.165, 1.54) is 13.2 Å². The normalized spacial score (nSPS) is 20.3. The van der Waals surface area contributed by atoms with Crippen LogP contribution in [0.2, 0.25) is 5.02 Å². The van der Waals surface area contributed by atoms with Gasteiger partial charge in [-0.15, -0.1) is 0 Å². The van der Waals surface area contributed by atoms with Crippen molar-refractivity contribution in [3.8, 4) is 0 Å². The molecule has 5 heteroatoms. The molecule has 19 heavy (non-hydrogen) atoms. The average Bonchev–Trinajstić information content (AvgIpc) is 2.41. The Morgan fingerprint density at radius 1 is 1.58 bits per heavy atom. The fraction of sp³-hybridized carbons (Fsp3) is 0.500. The van der Waals surface area contributed by atoms with Crippen molar-refractivity contribution in [3.05, 3.63) is 34.6 Å². The molecule has 1 heterocycles. The number of benzene rings is 1. The van der Waals surface area contributed by atoms with E-state index in [9.17, 15) is 9.18 Å². The summed E-state index contributed by atoms with van der Waals surface area (Å²) in [5, 5.41) is 0.396. The van der Waals surface area contributed by atoms with Gasteiger partial charge in [-0.2, -0.15) is 0 Å². The number of rotatable bonds is 3. The molecular formula is C14H17ClFNO2. The second-order valence-corrected chi connectivity index (χ2v) is 5.27. The largest absolute Gasteiger partial charge is 0.469 e. The van der Waals surface area contributed by atoms with Gasteiger partial charge in [-0.05, 0) is 31.5 Å². The summed E-state index contributed by atoms with van der Waals surface area (Å²) in [4.78, 5) is 13.6. The number of nitrogens with zero attached hydrogens (tertiary/aromatic N) is 1. The third-order valence-electron chi connectivity index (χ3n) is 3.45. The van der Waals surface area contributed by atoms with Crippen molar-refractivity contribution in [1.82, 2.24) is 4.90 Å². The lowest BCUT2D eigenvalue weighted by Crippen LogP contribution is -2.38. The molecule has 1 saturated heterocycles. The number of hydrogen-bond acceptors (Lipinski definition) is 3. The molecule has 0 spiro atoms. The number of carbonyl (C=O) groups is 1. The number of halogens is 2. The van der Waals surface area contributed by atoms with Gasteiger partial charge in [0.2, 0.25) is 0 Å². The third kappa shape index (κ3) is 3.67. The van der Waals surface area contributed by atoms with Gasteiger partial charge >= 0.3 is 5.97 Å². The first kappa shape index (κ1) is 14.3. The Morgan fingerprint density at radius 2 is 2.37 bits per heavy atom. The van der Waals surface area contributed by atoms with Gasteiger partial charge in [-0.1, -0.05) is 17.7 Å². The number of ether oxygens (including phenoxy) is 1. The molecule has 3 nitrogen and oxygen atoms in total. The molecule has 0 aliphatic carbocycles. The van der Waals surface area contributed by atoms with Crippen LogP contribution < -0.4 is 0 Å². The van der Waals surface area contributed by atoms with E-state index in [1.54, 1.807) is 12.1 Å². The Morgan fingerprint density at radius 3 is 3.05 bits per heavy atom. The van der Waals surface area contributed by atoms with Gasteiger partial charge in [0.15, 0.2) is 0 Å². The first-order valence-corrected chi connectivity index (χ1v) is 6.72. The van der Waals surface area contributed by atoms with Crippen LogP contribution in [-0.4, -0.2) is 31.1 Å². The molecule has 1 fully saturated rings. The van der Waals surface area contributed by atoms with Crippen LogP contribution in [0.1, 0.15) is 18.4 Å². The number of methoxy groups -OCH3 is 1. The van der Waals surface area contributed by atoms with Crippen molar-refractivity contribution >= 4 is 17.6 Å². The standard InChI is InChI=1S/C14H17ClFNO2/c1-19-14(18)11-3-2-6-17(9-11)8-10-4-5-12(15)7-13(10)16/h4-5,7,11H,2-3,6,8-9H2,1H3. The maximum Gasteiger partial charge on any atom is 0.309 e. The Hall–Kier alpha value is -1.13. The molecule has 0 amide bonds. The maximum absolute atomic E-state index is 13.7. The van der Waals surface area contributed by atoms with Crippen molar-refractivity contribution in [3.63, 3.8) is 0 Å². The highest BCUT2D eigenvalue weighted by atomic mass is 35.5. The van der Waals surface area contributed by atoms with Crippen LogP contribution in [0.4, 0.5) is 4.39 Å². The Balaban J connectivity index is 2.00. The lowest BCUT2D eigenvalue weighted by Gasteiger charge is -2.31. The zero-order valence-corrected chi connectivity index (χ0v) is 11.6. The molecule has 0 N–H and O–H groups in total. The zero-order chi connectivity index (χ0) is 13.8. The highest BCUT2D eigenvalue weighted by Crippen LogP contribution is 2.21. The summed E-state index contributed by atoms with van der Waals surface area (Å²) in [6.45, 7) is 1.99. The van der Waals surface area contributed by atoms with Gasteiger partial charge in [0.1, 0.15) is 5.82 Å². The number of hydrogen-bond donors (Lipinski definition) is 0. The van der Waals surface area contributed by atoms with E-state index < -0.39 is 0 Å². The smallest absolute Gasteiger partial charge is 0.309 e. The SMILES string of the molecule is COC(=O)C1CCCN(Cc2ccc(Cl)cc2F)C1. The van der Waals surface area contributed by atoms with Crippen LogP contribution in [0.15, 0.2) is 18.2 Å². The highest BCUT2D eigenvalue weighted by molar-refractivity contribution is 6.30. The monoisotopic (exact) mass is 285 g/mol. The van der Waals surface area contributed by atoms with Crippen molar-refractivity contribution in [1.29, 1.82) is 0 Å². The second kappa shape index (κ2) is 6.35. The molecule has 1 aromatic carbocycles. The van der Waals surface area contributed by atoms with Gasteiger partial charge < -0.3 is 4.74 Å². The van der Waals surface area contributed by atoms with E-state index in [-0.39, 0.29) is 17.7 Å². The molecule has 0 bridgehead atoms. The Bertz CT molecular complexity index is 467. The van der Waals surface area contributed by atoms with Crippen LogP contribution in [-0.2, 0) is 16.1 Å². The van der Waals surface area contributed by atoms with Crippen LogP contribution in [0.3, 0.4) is 0 Å². The molecule has 0 saturated carbocycles. The molecule has 0 radical (unpaired) electrons. The number of carbonyl (C=O) groups excluding carboxylic acids is 1. The lowest BCUT2D eigenvalue weighted by molar-refractivity contribution is -0.147. The van der Waals surface area contributed by atoms with Gasteiger partial charge in [-0.25, -0.2) is 4.39 Å². The summed E-state index contributed by atoms with van der Waals surface area (Å²) in [6, 6.07) is 4.69. The molecule has 1 unspecified atom stereocenters. The van der Waals surface area contributed by atoms with Crippen molar-refractivity contribution < 1.29 is 13.9 Å². The first-order chi connectivity index (χ1) is 9.10. The molecule has 1 aliphatic heterocycles. The van der Waals surface area contributed by atoms with Crippen LogP contribution in [0.5, 0.6) is 0 Å². The molecule has 1 atom stereocenters. The van der Waals surface area contributed by atoms with Crippen molar-refractivity contribution in [2.75, 3.05) is 20.2 Å². The van der Waals surface area contributed by atoms with Crippen molar-refractivity contribution in [2.45, 2.75) is 19.4 Å². The van der Waals surface area contributed by atoms with Gasteiger partial charge in [0.05, 0.1) is 13.0 Å². The summed E-state index contributed by atoms with van der Waals surface area (Å²) in [7, 11) is 1.40. The lowest BCUT2D eigenvalue weighted by atomic mass is 9.98. The minimum Gasteiger partial charge on any atom is -0.469 e. The molecule has 0 aromatic heterocycles. The van der Waals surface area contributed by atoms with E-state index >= 15 is 0 Å². The molecule has 1 aliphatic rings. The van der Waals surface area contributed by atoms with Crippen LogP contribution >= 0.6 is 11.6 Å². The first-order valence-electron chi connectivity index (χ1n) is 6.34. The second-order valence-electron chi connectivity index (χ2n) is 4.83. The van der Waals surface area contributed by atoms with Gasteiger partial charge in [0, 0.05) is 23.7 Å². The molecular weight excluding hydrogens is 269 g/mol. The summed E-state index contributed by atoms with van der Waals surface area (Å²) in [6.07, 6.45) is 1.77. The molecule has 1 aromatic rings. The summed E-state index contributed by atoms with van der Waals surface area (Å²) < 4.78 is 18.5. The number of piperidine rings is 1. The zero-order valence-electron chi connectivity index (χ0n) is 10.9. The highest BCUT2D eigenvalue weighted by Gasteiger charge is 2.26. The summed E-state index contributed by atoms with van der Waals surface area (Å²) in [5.41, 5.74) is 0.606. The predicted molar refractivity (Wildman–Crippen MR) is 71.4 cm³/mol. The minimum atomic E-state index is -0.298. The third-order valence-corrected chi connectivity index (χ3v) is 3.68. The number of esters is 1. The fourth-order valence-electron chi connectivity index (χ4n) is 2.45. The minimum absolute atomic E-state index is 0.103. The van der Waals surface area contributed by atoms with E-state index in [0.29, 0.717) is 23.7 Å². The topological polar surface area (TPSA) is 29.5 Å². The van der Waals surface area contributed by atoms with Crippen LogP contribution in [0, 0.1) is 11.7 Å². The predicted octanol–water partition coefficient (Wildman–Crippen LogP) is 2.86. The quantitative estimate of drug-likeness (QED) is 0.800. The van der Waals surface area contributed by atoms with Gasteiger partial charge in [-0.3, -0.25) is 9.69 Å². The summed E-state index contributed by atoms with van der Waals surface area (Å²) in [5.74, 6) is -0.580. The fourth-order valence-corrected chi connectivity index (χ4v) is 2.61.